The van der Waals surface area contributed by atoms with E-state index in [4.69, 9.17) is 28.9 Å². The Morgan fingerprint density at radius 1 is 1.35 bits per heavy atom. The number of rotatable bonds is 8. The second-order valence-corrected chi connectivity index (χ2v) is 9.24. The summed E-state index contributed by atoms with van der Waals surface area (Å²) in [5, 5.41) is 19.3. The molecular weight excluding hydrogens is 457 g/mol. The lowest BCUT2D eigenvalue weighted by Gasteiger charge is -2.33. The van der Waals surface area contributed by atoms with Crippen molar-refractivity contribution in [2.75, 3.05) is 25.4 Å². The molecule has 3 rings (SSSR count). The van der Waals surface area contributed by atoms with Gasteiger partial charge in [0.2, 0.25) is 5.91 Å². The van der Waals surface area contributed by atoms with E-state index >= 15 is 0 Å². The number of benzene rings is 1. The minimum absolute atomic E-state index is 0.00203. The Kier molecular flexibility index (Phi) is 8.52. The van der Waals surface area contributed by atoms with Crippen molar-refractivity contribution in [3.8, 4) is 6.07 Å². The van der Waals surface area contributed by atoms with Crippen molar-refractivity contribution in [2.24, 2.45) is 5.92 Å². The zero-order valence-corrected chi connectivity index (χ0v) is 19.3. The highest BCUT2D eigenvalue weighted by Crippen LogP contribution is 2.32. The summed E-state index contributed by atoms with van der Waals surface area (Å²) in [4.78, 5) is 15.8. The number of nitrogen functional groups attached to an aromatic ring is 1. The minimum Gasteiger partial charge on any atom is -0.396 e. The number of piperidine rings is 1. The molecule has 1 atom stereocenters. The molecule has 0 bridgehead atoms. The predicted octanol–water partition coefficient (Wildman–Crippen LogP) is 3.54. The lowest BCUT2D eigenvalue weighted by molar-refractivity contribution is -0.134. The molecule has 1 amide bonds. The maximum Gasteiger partial charge on any atom is 0.240 e. The zero-order valence-electron chi connectivity index (χ0n) is 16.9. The monoisotopic (exact) mass is 481 g/mol. The molecule has 1 aromatic heterocycles. The van der Waals surface area contributed by atoms with Crippen LogP contribution in [0.25, 0.3) is 0 Å². The number of hydrogen-bond acceptors (Lipinski definition) is 6. The van der Waals surface area contributed by atoms with Crippen LogP contribution in [0.15, 0.2) is 35.4 Å². The zero-order chi connectivity index (χ0) is 22.4. The number of nitrogens with zero attached hydrogens (tertiary/aromatic N) is 3. The van der Waals surface area contributed by atoms with Crippen LogP contribution in [0.2, 0.25) is 10.0 Å². The minimum atomic E-state index is -0.472. The van der Waals surface area contributed by atoms with Crippen LogP contribution in [0.1, 0.15) is 25.0 Å². The van der Waals surface area contributed by atoms with Gasteiger partial charge in [0.15, 0.2) is 0 Å². The van der Waals surface area contributed by atoms with E-state index < -0.39 is 6.04 Å². The maximum atomic E-state index is 13.3. The summed E-state index contributed by atoms with van der Waals surface area (Å²) < 4.78 is 5.09. The van der Waals surface area contributed by atoms with Gasteiger partial charge in [-0.05, 0) is 61.4 Å². The van der Waals surface area contributed by atoms with Crippen molar-refractivity contribution in [1.82, 2.24) is 14.2 Å². The average molecular weight is 482 g/mol. The van der Waals surface area contributed by atoms with Crippen LogP contribution in [0.3, 0.4) is 0 Å². The van der Waals surface area contributed by atoms with Gasteiger partial charge in [-0.3, -0.25) is 4.79 Å². The first-order chi connectivity index (χ1) is 14.9. The number of aryl methyl sites for hydroxylation is 1. The van der Waals surface area contributed by atoms with Gasteiger partial charge in [0.25, 0.3) is 0 Å². The first-order valence-corrected chi connectivity index (χ1v) is 11.6. The summed E-state index contributed by atoms with van der Waals surface area (Å²) in [7, 11) is 0. The van der Waals surface area contributed by atoms with Gasteiger partial charge in [0, 0.05) is 37.3 Å². The first-order valence-electron chi connectivity index (χ1n) is 10.0. The molecule has 1 unspecified atom stereocenters. The second-order valence-electron chi connectivity index (χ2n) is 7.51. The van der Waals surface area contributed by atoms with Crippen LogP contribution >= 0.6 is 35.1 Å². The summed E-state index contributed by atoms with van der Waals surface area (Å²) >= 11 is 13.5. The third kappa shape index (κ3) is 6.09. The number of carbonyl (C=O) groups excluding carboxylic acids is 1. The molecule has 0 aliphatic carbocycles. The van der Waals surface area contributed by atoms with Crippen molar-refractivity contribution in [1.29, 1.82) is 5.26 Å². The largest absolute Gasteiger partial charge is 0.396 e. The number of aliphatic hydroxyl groups excluding tert-OH is 1. The number of nitrogens with two attached hydrogens (primary N) is 1. The molecule has 0 radical (unpaired) electrons. The Bertz CT molecular complexity index is 930. The molecule has 1 aliphatic heterocycles. The van der Waals surface area contributed by atoms with Crippen LogP contribution in [0.5, 0.6) is 0 Å². The molecule has 4 N–H and O–H groups in total. The van der Waals surface area contributed by atoms with Crippen LogP contribution in [0.4, 0.5) is 5.69 Å². The molecule has 0 saturated carbocycles. The molecule has 1 fully saturated rings. The van der Waals surface area contributed by atoms with E-state index in [0.29, 0.717) is 47.5 Å². The number of carbonyl (C=O) groups is 1. The highest BCUT2D eigenvalue weighted by atomic mass is 35.5. The van der Waals surface area contributed by atoms with E-state index in [1.54, 1.807) is 18.2 Å². The Morgan fingerprint density at radius 2 is 2.03 bits per heavy atom. The fourth-order valence-electron chi connectivity index (χ4n) is 3.53. The van der Waals surface area contributed by atoms with E-state index in [9.17, 15) is 15.2 Å². The van der Waals surface area contributed by atoms with Gasteiger partial charge >= 0.3 is 0 Å². The van der Waals surface area contributed by atoms with Gasteiger partial charge in [-0.15, -0.1) is 0 Å². The lowest BCUT2D eigenvalue weighted by atomic mass is 9.97. The van der Waals surface area contributed by atoms with Gasteiger partial charge in [-0.1, -0.05) is 23.2 Å². The number of amides is 1. The van der Waals surface area contributed by atoms with Gasteiger partial charge in [0.05, 0.1) is 21.8 Å². The predicted molar refractivity (Wildman–Crippen MR) is 124 cm³/mol. The molecule has 1 aliphatic rings. The number of hydrogen-bond donors (Lipinski definition) is 3. The van der Waals surface area contributed by atoms with Crippen LogP contribution in [-0.2, 0) is 11.3 Å². The van der Waals surface area contributed by atoms with E-state index in [-0.39, 0.29) is 18.4 Å². The number of anilines is 1. The van der Waals surface area contributed by atoms with Crippen molar-refractivity contribution in [3.05, 3.63) is 46.2 Å². The van der Waals surface area contributed by atoms with E-state index in [1.807, 2.05) is 21.7 Å². The fraction of sp³-hybridized carbons (Fsp3) is 0.429. The summed E-state index contributed by atoms with van der Waals surface area (Å²) in [5.41, 5.74) is 6.68. The quantitative estimate of drug-likeness (QED) is 0.393. The van der Waals surface area contributed by atoms with E-state index in [0.717, 1.165) is 17.7 Å². The lowest BCUT2D eigenvalue weighted by Crippen LogP contribution is -2.48. The molecule has 10 heteroatoms. The maximum absolute atomic E-state index is 13.3. The summed E-state index contributed by atoms with van der Waals surface area (Å²) in [6, 6.07) is 8.65. The molecule has 1 saturated heterocycles. The molecule has 0 spiro atoms. The standard InChI is InChI=1S/C21H25Cl2N5O2S/c22-17-10-16(11-18(23)20(17)25)31-26-19(5-9-27-6-1-2-15(27)12-24)21(30)28-7-3-14(13-29)4-8-28/h1-2,6,10-11,14,19,26,29H,3-5,7-9,13,25H2. The van der Waals surface area contributed by atoms with Gasteiger partial charge in [-0.2, -0.15) is 5.26 Å². The Hall–Kier alpha value is -1.89. The Balaban J connectivity index is 1.70. The number of nitrogens with one attached hydrogen (secondary N) is 1. The SMILES string of the molecule is N#Cc1cccn1CCC(NSc1cc(Cl)c(N)c(Cl)c1)C(=O)N1CCC(CO)CC1. The smallest absolute Gasteiger partial charge is 0.240 e. The van der Waals surface area contributed by atoms with E-state index in [1.165, 1.54) is 11.9 Å². The molecule has 166 valence electrons. The highest BCUT2D eigenvalue weighted by Gasteiger charge is 2.28. The summed E-state index contributed by atoms with van der Waals surface area (Å²) in [5.74, 6) is 0.254. The molecule has 7 nitrogen and oxygen atoms in total. The summed E-state index contributed by atoms with van der Waals surface area (Å²) in [6.07, 6.45) is 3.92. The van der Waals surface area contributed by atoms with Crippen molar-refractivity contribution in [2.45, 2.75) is 36.7 Å². The van der Waals surface area contributed by atoms with Gasteiger partial charge in [-0.25, -0.2) is 4.72 Å². The van der Waals surface area contributed by atoms with Gasteiger partial charge in [0.1, 0.15) is 11.8 Å². The average Bonchev–Trinajstić information content (AvgIpc) is 3.24. The summed E-state index contributed by atoms with van der Waals surface area (Å²) in [6.45, 7) is 1.93. The molecule has 31 heavy (non-hydrogen) atoms. The topological polar surface area (TPSA) is 107 Å². The number of nitriles is 1. The fourth-order valence-corrected chi connectivity index (χ4v) is 4.99. The Labute approximate surface area is 196 Å². The molecular formula is C21H25Cl2N5O2S. The third-order valence-corrected chi connectivity index (χ3v) is 6.96. The highest BCUT2D eigenvalue weighted by molar-refractivity contribution is 7.97. The van der Waals surface area contributed by atoms with Gasteiger partial charge < -0.3 is 20.3 Å². The van der Waals surface area contributed by atoms with Crippen molar-refractivity contribution >= 4 is 46.7 Å². The number of likely N-dealkylation sites (tertiary alicyclic amines) is 1. The number of halogens is 2. The normalized spacial score (nSPS) is 15.6. The molecule has 2 aromatic rings. The van der Waals surface area contributed by atoms with Crippen molar-refractivity contribution in [3.63, 3.8) is 0 Å². The van der Waals surface area contributed by atoms with Crippen LogP contribution < -0.4 is 10.5 Å². The van der Waals surface area contributed by atoms with Crippen LogP contribution in [0, 0.1) is 17.2 Å². The van der Waals surface area contributed by atoms with Crippen LogP contribution in [-0.4, -0.2) is 46.2 Å². The first kappa shape index (κ1) is 23.8. The van der Waals surface area contributed by atoms with E-state index in [2.05, 4.69) is 10.8 Å². The Morgan fingerprint density at radius 3 is 2.65 bits per heavy atom. The number of aliphatic hydroxyl groups is 1. The molecule has 2 heterocycles. The second kappa shape index (κ2) is 11.1. The third-order valence-electron chi connectivity index (χ3n) is 5.46. The molecule has 1 aromatic carbocycles. The van der Waals surface area contributed by atoms with Crippen molar-refractivity contribution < 1.29 is 9.90 Å². The number of aromatic nitrogens is 1.